The van der Waals surface area contributed by atoms with Crippen molar-refractivity contribution in [3.63, 3.8) is 0 Å². The Morgan fingerprint density at radius 1 is 1.26 bits per heavy atom. The van der Waals surface area contributed by atoms with Crippen molar-refractivity contribution in [2.45, 2.75) is 19.9 Å². The Morgan fingerprint density at radius 3 is 2.84 bits per heavy atom. The lowest BCUT2D eigenvalue weighted by Gasteiger charge is -2.19. The van der Waals surface area contributed by atoms with Gasteiger partial charge in [-0.3, -0.25) is 0 Å². The number of hydrogen-bond acceptors (Lipinski definition) is 4. The molecule has 2 heterocycles. The quantitative estimate of drug-likeness (QED) is 0.761. The number of nitrogens with one attached hydrogen (secondary N) is 3. The number of rotatable bonds is 2. The molecule has 3 rings (SSSR count). The average molecular weight is 256 g/mol. The zero-order chi connectivity index (χ0) is 13.2. The van der Waals surface area contributed by atoms with Crippen molar-refractivity contribution in [3.05, 3.63) is 51.6 Å². The second kappa shape index (κ2) is 4.85. The first-order chi connectivity index (χ1) is 9.22. The third-order valence-corrected chi connectivity index (χ3v) is 3.29. The van der Waals surface area contributed by atoms with Gasteiger partial charge in [-0.2, -0.15) is 4.98 Å². The van der Waals surface area contributed by atoms with Gasteiger partial charge < -0.3 is 15.6 Å². The minimum atomic E-state index is -0.296. The molecule has 1 aromatic carbocycles. The highest BCUT2D eigenvalue weighted by molar-refractivity contribution is 5.60. The molecule has 0 aliphatic carbocycles. The van der Waals surface area contributed by atoms with E-state index in [1.165, 1.54) is 5.56 Å². The van der Waals surface area contributed by atoms with E-state index >= 15 is 0 Å². The van der Waals surface area contributed by atoms with Crippen LogP contribution in [0.25, 0.3) is 0 Å². The second-order valence-electron chi connectivity index (χ2n) is 4.77. The maximum Gasteiger partial charge on any atom is 0.347 e. The van der Waals surface area contributed by atoms with Crippen molar-refractivity contribution in [1.82, 2.24) is 15.3 Å². The van der Waals surface area contributed by atoms with Crippen molar-refractivity contribution in [1.29, 1.82) is 0 Å². The molecule has 0 radical (unpaired) electrons. The number of benzene rings is 1. The van der Waals surface area contributed by atoms with Crippen LogP contribution in [-0.2, 0) is 13.0 Å². The number of hydrogen-bond donors (Lipinski definition) is 3. The Morgan fingerprint density at radius 2 is 2.05 bits per heavy atom. The molecule has 0 amide bonds. The van der Waals surface area contributed by atoms with Gasteiger partial charge in [-0.05, 0) is 19.1 Å². The van der Waals surface area contributed by atoms with Crippen LogP contribution < -0.4 is 16.3 Å². The molecule has 1 aliphatic rings. The molecule has 0 fully saturated rings. The van der Waals surface area contributed by atoms with Crippen LogP contribution in [0.1, 0.15) is 16.8 Å². The van der Waals surface area contributed by atoms with Crippen molar-refractivity contribution >= 4 is 11.5 Å². The summed E-state index contributed by atoms with van der Waals surface area (Å²) in [6.07, 6.45) is 0.829. The Bertz CT molecular complexity index is 645. The monoisotopic (exact) mass is 256 g/mol. The largest absolute Gasteiger partial charge is 0.347 e. The Kier molecular flexibility index (Phi) is 3.05. The van der Waals surface area contributed by atoms with Gasteiger partial charge in [-0.1, -0.05) is 17.7 Å². The number of fused-ring (bicyclic) bond motifs is 1. The number of aromatic nitrogens is 2. The molecule has 1 aromatic heterocycles. The Labute approximate surface area is 111 Å². The van der Waals surface area contributed by atoms with Crippen molar-refractivity contribution < 1.29 is 0 Å². The standard InChI is InChI=1S/C14H16N4O/c1-9-2-4-10(5-3-9)16-13-11-8-15-7-6-12(11)17-14(19)18-13/h2-5,15H,6-8H2,1H3,(H2,16,17,18,19). The van der Waals surface area contributed by atoms with Crippen LogP contribution in [0, 0.1) is 6.92 Å². The van der Waals surface area contributed by atoms with Gasteiger partial charge in [0, 0.05) is 36.5 Å². The summed E-state index contributed by atoms with van der Waals surface area (Å²) in [5.74, 6) is 0.648. The summed E-state index contributed by atoms with van der Waals surface area (Å²) < 4.78 is 0. The van der Waals surface area contributed by atoms with Gasteiger partial charge in [0.05, 0.1) is 0 Å². The van der Waals surface area contributed by atoms with E-state index in [1.54, 1.807) is 0 Å². The third-order valence-electron chi connectivity index (χ3n) is 3.29. The van der Waals surface area contributed by atoms with E-state index in [-0.39, 0.29) is 5.69 Å². The lowest BCUT2D eigenvalue weighted by Crippen LogP contribution is -2.29. The molecule has 0 saturated carbocycles. The lowest BCUT2D eigenvalue weighted by molar-refractivity contribution is 0.624. The molecule has 0 spiro atoms. The summed E-state index contributed by atoms with van der Waals surface area (Å²) >= 11 is 0. The maximum absolute atomic E-state index is 11.6. The number of anilines is 2. The van der Waals surface area contributed by atoms with Crippen molar-refractivity contribution in [2.75, 3.05) is 11.9 Å². The molecular formula is C14H16N4O. The van der Waals surface area contributed by atoms with Gasteiger partial charge >= 0.3 is 5.69 Å². The predicted octanol–water partition coefficient (Wildman–Crippen LogP) is 1.47. The second-order valence-corrected chi connectivity index (χ2v) is 4.77. The lowest BCUT2D eigenvalue weighted by atomic mass is 10.1. The zero-order valence-electron chi connectivity index (χ0n) is 10.8. The summed E-state index contributed by atoms with van der Waals surface area (Å²) in [6.45, 7) is 3.66. The number of nitrogens with zero attached hydrogens (tertiary/aromatic N) is 1. The molecule has 5 heteroatoms. The van der Waals surface area contributed by atoms with Crippen LogP contribution in [-0.4, -0.2) is 16.5 Å². The van der Waals surface area contributed by atoms with Crippen LogP contribution in [0.15, 0.2) is 29.1 Å². The molecule has 0 bridgehead atoms. The van der Waals surface area contributed by atoms with E-state index in [2.05, 4.69) is 20.6 Å². The van der Waals surface area contributed by atoms with Gasteiger partial charge in [0.2, 0.25) is 0 Å². The summed E-state index contributed by atoms with van der Waals surface area (Å²) in [7, 11) is 0. The fourth-order valence-corrected chi connectivity index (χ4v) is 2.25. The van der Waals surface area contributed by atoms with Gasteiger partial charge in [-0.15, -0.1) is 0 Å². The van der Waals surface area contributed by atoms with E-state index in [0.29, 0.717) is 5.82 Å². The normalized spacial score (nSPS) is 13.9. The first-order valence-electron chi connectivity index (χ1n) is 6.39. The molecule has 0 saturated heterocycles. The number of H-pyrrole nitrogens is 1. The summed E-state index contributed by atoms with van der Waals surface area (Å²) in [6, 6.07) is 8.03. The van der Waals surface area contributed by atoms with Gasteiger partial charge in [-0.25, -0.2) is 4.79 Å². The van der Waals surface area contributed by atoms with E-state index < -0.39 is 0 Å². The third kappa shape index (κ3) is 2.51. The molecular weight excluding hydrogens is 240 g/mol. The maximum atomic E-state index is 11.6. The summed E-state index contributed by atoms with van der Waals surface area (Å²) in [4.78, 5) is 18.4. The highest BCUT2D eigenvalue weighted by Gasteiger charge is 2.15. The smallest absolute Gasteiger partial charge is 0.340 e. The molecule has 0 unspecified atom stereocenters. The van der Waals surface area contributed by atoms with Crippen molar-refractivity contribution in [3.8, 4) is 0 Å². The SMILES string of the molecule is Cc1ccc(Nc2nc(=O)[nH]c3c2CNCC3)cc1. The van der Waals surface area contributed by atoms with Crippen LogP contribution in [0.3, 0.4) is 0 Å². The van der Waals surface area contributed by atoms with E-state index in [0.717, 1.165) is 36.5 Å². The molecule has 5 nitrogen and oxygen atoms in total. The minimum absolute atomic E-state index is 0.296. The van der Waals surface area contributed by atoms with Crippen LogP contribution in [0.4, 0.5) is 11.5 Å². The first kappa shape index (κ1) is 11.9. The van der Waals surface area contributed by atoms with Crippen molar-refractivity contribution in [2.24, 2.45) is 0 Å². The summed E-state index contributed by atoms with van der Waals surface area (Å²) in [5, 5.41) is 6.52. The Hall–Kier alpha value is -2.14. The predicted molar refractivity (Wildman–Crippen MR) is 74.7 cm³/mol. The van der Waals surface area contributed by atoms with E-state index in [9.17, 15) is 4.79 Å². The topological polar surface area (TPSA) is 69.8 Å². The fraction of sp³-hybridized carbons (Fsp3) is 0.286. The Balaban J connectivity index is 1.98. The molecule has 2 aromatic rings. The first-order valence-corrected chi connectivity index (χ1v) is 6.39. The highest BCUT2D eigenvalue weighted by Crippen LogP contribution is 2.21. The van der Waals surface area contributed by atoms with Gasteiger partial charge in [0.1, 0.15) is 5.82 Å². The van der Waals surface area contributed by atoms with E-state index in [4.69, 9.17) is 0 Å². The highest BCUT2D eigenvalue weighted by atomic mass is 16.1. The minimum Gasteiger partial charge on any atom is -0.340 e. The van der Waals surface area contributed by atoms with Gasteiger partial charge in [0.15, 0.2) is 0 Å². The van der Waals surface area contributed by atoms with Crippen LogP contribution in [0.5, 0.6) is 0 Å². The average Bonchev–Trinajstić information content (AvgIpc) is 2.41. The van der Waals surface area contributed by atoms with Gasteiger partial charge in [0.25, 0.3) is 0 Å². The fourth-order valence-electron chi connectivity index (χ4n) is 2.25. The zero-order valence-corrected chi connectivity index (χ0v) is 10.8. The number of aryl methyl sites for hydroxylation is 1. The molecule has 19 heavy (non-hydrogen) atoms. The molecule has 0 atom stereocenters. The van der Waals surface area contributed by atoms with E-state index in [1.807, 2.05) is 31.2 Å². The van der Waals surface area contributed by atoms with Crippen LogP contribution >= 0.6 is 0 Å². The molecule has 3 N–H and O–H groups in total. The molecule has 98 valence electrons. The van der Waals surface area contributed by atoms with Crippen LogP contribution in [0.2, 0.25) is 0 Å². The number of aromatic amines is 1. The summed E-state index contributed by atoms with van der Waals surface area (Å²) in [5.41, 5.74) is 3.87. The molecule has 1 aliphatic heterocycles.